The minimum absolute atomic E-state index is 0.00891. The topological polar surface area (TPSA) is 87.0 Å². The first kappa shape index (κ1) is 13.5. The average molecular weight is 325 g/mol. The highest BCUT2D eigenvalue weighted by Gasteiger charge is 2.18. The smallest absolute Gasteiger partial charge is 0.271 e. The Labute approximate surface area is 118 Å². The monoisotopic (exact) mass is 324 g/mol. The number of nitro benzene ring substituents is 1. The van der Waals surface area contributed by atoms with E-state index in [2.05, 4.69) is 21.0 Å². The summed E-state index contributed by atoms with van der Waals surface area (Å²) in [4.78, 5) is 10.3. The SMILES string of the molecule is CC(C)c1nn(-c2cccc([N+](=O)[O-])c2)c(N)c1Br. The van der Waals surface area contributed by atoms with E-state index in [-0.39, 0.29) is 11.6 Å². The highest BCUT2D eigenvalue weighted by molar-refractivity contribution is 9.10. The highest BCUT2D eigenvalue weighted by Crippen LogP contribution is 2.31. The van der Waals surface area contributed by atoms with Crippen LogP contribution in [0.2, 0.25) is 0 Å². The highest BCUT2D eigenvalue weighted by atomic mass is 79.9. The Kier molecular flexibility index (Phi) is 3.57. The van der Waals surface area contributed by atoms with Crippen LogP contribution in [0.25, 0.3) is 5.69 Å². The second-order valence-corrected chi connectivity index (χ2v) is 5.22. The van der Waals surface area contributed by atoms with Crippen LogP contribution < -0.4 is 5.73 Å². The third-order valence-corrected chi connectivity index (χ3v) is 3.53. The van der Waals surface area contributed by atoms with Gasteiger partial charge in [0.15, 0.2) is 0 Å². The van der Waals surface area contributed by atoms with E-state index in [1.54, 1.807) is 12.1 Å². The molecule has 0 saturated carbocycles. The standard InChI is InChI=1S/C12H13BrN4O2/c1-7(2)11-10(13)12(14)16(15-11)8-4-3-5-9(6-8)17(18)19/h3-7H,14H2,1-2H3. The Morgan fingerprint density at radius 2 is 2.16 bits per heavy atom. The molecule has 0 unspecified atom stereocenters. The second-order valence-electron chi connectivity index (χ2n) is 4.43. The first-order valence-corrected chi connectivity index (χ1v) is 6.49. The predicted molar refractivity (Wildman–Crippen MR) is 76.4 cm³/mol. The van der Waals surface area contributed by atoms with E-state index in [1.165, 1.54) is 16.8 Å². The molecule has 0 saturated heterocycles. The van der Waals surface area contributed by atoms with Crippen molar-refractivity contribution >= 4 is 27.4 Å². The molecule has 0 fully saturated rings. The number of hydrogen-bond acceptors (Lipinski definition) is 4. The molecule has 2 aromatic rings. The van der Waals surface area contributed by atoms with E-state index < -0.39 is 4.92 Å². The molecule has 2 N–H and O–H groups in total. The molecule has 0 bridgehead atoms. The van der Waals surface area contributed by atoms with Crippen molar-refractivity contribution in [1.29, 1.82) is 0 Å². The largest absolute Gasteiger partial charge is 0.383 e. The lowest BCUT2D eigenvalue weighted by Gasteiger charge is -2.03. The van der Waals surface area contributed by atoms with Crippen LogP contribution in [0.15, 0.2) is 28.7 Å². The van der Waals surface area contributed by atoms with Gasteiger partial charge in [-0.2, -0.15) is 5.10 Å². The maximum Gasteiger partial charge on any atom is 0.271 e. The zero-order chi connectivity index (χ0) is 14.2. The fourth-order valence-corrected chi connectivity index (χ4v) is 2.44. The van der Waals surface area contributed by atoms with E-state index in [0.717, 1.165) is 10.2 Å². The maximum absolute atomic E-state index is 10.8. The first-order chi connectivity index (χ1) is 8.91. The van der Waals surface area contributed by atoms with Gasteiger partial charge in [-0.25, -0.2) is 4.68 Å². The molecule has 0 radical (unpaired) electrons. The molecular weight excluding hydrogens is 312 g/mol. The quantitative estimate of drug-likeness (QED) is 0.693. The van der Waals surface area contributed by atoms with Crippen LogP contribution in [0.1, 0.15) is 25.5 Å². The van der Waals surface area contributed by atoms with Crippen molar-refractivity contribution in [3.63, 3.8) is 0 Å². The molecule has 0 spiro atoms. The molecule has 6 nitrogen and oxygen atoms in total. The predicted octanol–water partition coefficient (Wildman–Crippen LogP) is 3.25. The molecule has 0 aliphatic heterocycles. The molecule has 1 aromatic carbocycles. The van der Waals surface area contributed by atoms with Crippen molar-refractivity contribution in [2.24, 2.45) is 0 Å². The molecule has 2 rings (SSSR count). The van der Waals surface area contributed by atoms with Gasteiger partial charge < -0.3 is 5.73 Å². The van der Waals surface area contributed by atoms with E-state index in [0.29, 0.717) is 11.5 Å². The normalized spacial score (nSPS) is 10.9. The summed E-state index contributed by atoms with van der Waals surface area (Å²) in [5, 5.41) is 15.2. The fourth-order valence-electron chi connectivity index (χ4n) is 1.73. The van der Waals surface area contributed by atoms with E-state index in [1.807, 2.05) is 13.8 Å². The van der Waals surface area contributed by atoms with Gasteiger partial charge in [-0.15, -0.1) is 0 Å². The molecule has 0 amide bonds. The molecule has 100 valence electrons. The summed E-state index contributed by atoms with van der Waals surface area (Å²) in [6.45, 7) is 4.01. The van der Waals surface area contributed by atoms with Crippen LogP contribution in [0.3, 0.4) is 0 Å². The fraction of sp³-hybridized carbons (Fsp3) is 0.250. The minimum atomic E-state index is -0.443. The second kappa shape index (κ2) is 5.00. The number of rotatable bonds is 3. The van der Waals surface area contributed by atoms with Crippen LogP contribution in [-0.4, -0.2) is 14.7 Å². The lowest BCUT2D eigenvalue weighted by atomic mass is 10.1. The number of anilines is 1. The lowest BCUT2D eigenvalue weighted by molar-refractivity contribution is -0.384. The third kappa shape index (κ3) is 2.46. The number of aromatic nitrogens is 2. The summed E-state index contributed by atoms with van der Waals surface area (Å²) in [6.07, 6.45) is 0. The van der Waals surface area contributed by atoms with Crippen molar-refractivity contribution in [3.05, 3.63) is 44.5 Å². The molecule has 0 atom stereocenters. The van der Waals surface area contributed by atoms with Crippen LogP contribution >= 0.6 is 15.9 Å². The lowest BCUT2D eigenvalue weighted by Crippen LogP contribution is -2.03. The van der Waals surface area contributed by atoms with Gasteiger partial charge in [0.2, 0.25) is 0 Å². The number of nitro groups is 1. The van der Waals surface area contributed by atoms with E-state index in [9.17, 15) is 10.1 Å². The van der Waals surface area contributed by atoms with Gasteiger partial charge in [0.05, 0.1) is 20.8 Å². The molecule has 1 heterocycles. The summed E-state index contributed by atoms with van der Waals surface area (Å²) in [5.74, 6) is 0.640. The summed E-state index contributed by atoms with van der Waals surface area (Å²) in [6, 6.07) is 6.21. The Morgan fingerprint density at radius 3 is 2.68 bits per heavy atom. The molecule has 7 heteroatoms. The number of halogens is 1. The molecule has 1 aromatic heterocycles. The van der Waals surface area contributed by atoms with Gasteiger partial charge >= 0.3 is 0 Å². The summed E-state index contributed by atoms with van der Waals surface area (Å²) in [5.41, 5.74) is 7.38. The molecular formula is C12H13BrN4O2. The third-order valence-electron chi connectivity index (χ3n) is 2.72. The minimum Gasteiger partial charge on any atom is -0.383 e. The molecule has 0 aliphatic rings. The Hall–Kier alpha value is -1.89. The van der Waals surface area contributed by atoms with Crippen molar-refractivity contribution in [3.8, 4) is 5.69 Å². The maximum atomic E-state index is 10.8. The average Bonchev–Trinajstić information content (AvgIpc) is 2.67. The van der Waals surface area contributed by atoms with Crippen LogP contribution in [0, 0.1) is 10.1 Å². The summed E-state index contributed by atoms with van der Waals surface area (Å²) in [7, 11) is 0. The molecule has 0 aliphatic carbocycles. The van der Waals surface area contributed by atoms with Crippen molar-refractivity contribution < 1.29 is 4.92 Å². The molecule has 19 heavy (non-hydrogen) atoms. The summed E-state index contributed by atoms with van der Waals surface area (Å²) >= 11 is 3.40. The van der Waals surface area contributed by atoms with Crippen molar-refractivity contribution in [2.75, 3.05) is 5.73 Å². The summed E-state index contributed by atoms with van der Waals surface area (Å²) < 4.78 is 2.24. The van der Waals surface area contributed by atoms with Gasteiger partial charge in [0.25, 0.3) is 5.69 Å². The van der Waals surface area contributed by atoms with Crippen molar-refractivity contribution in [2.45, 2.75) is 19.8 Å². The number of nitrogen functional groups attached to an aromatic ring is 1. The van der Waals surface area contributed by atoms with E-state index in [4.69, 9.17) is 5.73 Å². The Morgan fingerprint density at radius 1 is 1.47 bits per heavy atom. The van der Waals surface area contributed by atoms with Gasteiger partial charge in [-0.05, 0) is 27.9 Å². The number of benzene rings is 1. The Balaban J connectivity index is 2.56. The van der Waals surface area contributed by atoms with E-state index >= 15 is 0 Å². The van der Waals surface area contributed by atoms with Gasteiger partial charge in [0, 0.05) is 12.1 Å². The van der Waals surface area contributed by atoms with Gasteiger partial charge in [-0.3, -0.25) is 10.1 Å². The van der Waals surface area contributed by atoms with Crippen LogP contribution in [-0.2, 0) is 0 Å². The number of non-ortho nitro benzene ring substituents is 1. The van der Waals surface area contributed by atoms with Crippen LogP contribution in [0.4, 0.5) is 11.5 Å². The van der Waals surface area contributed by atoms with Crippen molar-refractivity contribution in [1.82, 2.24) is 9.78 Å². The first-order valence-electron chi connectivity index (χ1n) is 5.70. The number of nitrogens with zero attached hydrogens (tertiary/aromatic N) is 3. The zero-order valence-electron chi connectivity index (χ0n) is 10.5. The zero-order valence-corrected chi connectivity index (χ0v) is 12.1. The number of hydrogen-bond donors (Lipinski definition) is 1. The Bertz CT molecular complexity index is 637. The van der Waals surface area contributed by atoms with Gasteiger partial charge in [0.1, 0.15) is 5.82 Å². The van der Waals surface area contributed by atoms with Gasteiger partial charge in [-0.1, -0.05) is 19.9 Å². The number of nitrogens with two attached hydrogens (primary N) is 1. The van der Waals surface area contributed by atoms with Crippen LogP contribution in [0.5, 0.6) is 0 Å².